The first-order valence-corrected chi connectivity index (χ1v) is 6.06. The van der Waals surface area contributed by atoms with Gasteiger partial charge in [0.1, 0.15) is 0 Å². The van der Waals surface area contributed by atoms with Gasteiger partial charge >= 0.3 is 0 Å². The maximum absolute atomic E-state index is 12.0. The summed E-state index contributed by atoms with van der Waals surface area (Å²) in [7, 11) is 0. The van der Waals surface area contributed by atoms with Crippen LogP contribution in [0.1, 0.15) is 35.1 Å². The second kappa shape index (κ2) is 5.61. The standard InChI is InChI=1S/C10H15N3OS.ClH/c1-2-5-12-6-3-4-7-9(8(6)14)15-10(11)13-7;/h6,12H,2-5H2,1H3,(H2,11,13);1H. The van der Waals surface area contributed by atoms with E-state index in [0.717, 1.165) is 36.4 Å². The predicted molar refractivity (Wildman–Crippen MR) is 68.5 cm³/mol. The van der Waals surface area contributed by atoms with Gasteiger partial charge in [-0.05, 0) is 25.8 Å². The van der Waals surface area contributed by atoms with Gasteiger partial charge in [0.25, 0.3) is 0 Å². The van der Waals surface area contributed by atoms with Gasteiger partial charge in [0.2, 0.25) is 0 Å². The Labute approximate surface area is 105 Å². The average Bonchev–Trinajstić information content (AvgIpc) is 2.59. The van der Waals surface area contributed by atoms with Crippen LogP contribution < -0.4 is 11.1 Å². The van der Waals surface area contributed by atoms with Gasteiger partial charge in [-0.3, -0.25) is 4.79 Å². The summed E-state index contributed by atoms with van der Waals surface area (Å²) in [6, 6.07) is -0.0303. The highest BCUT2D eigenvalue weighted by Gasteiger charge is 2.29. The Kier molecular flexibility index (Phi) is 4.70. The van der Waals surface area contributed by atoms with Gasteiger partial charge in [0.05, 0.1) is 16.6 Å². The highest BCUT2D eigenvalue weighted by atomic mass is 35.5. The zero-order valence-electron chi connectivity index (χ0n) is 9.16. The minimum atomic E-state index is -0.0303. The van der Waals surface area contributed by atoms with E-state index in [2.05, 4.69) is 17.2 Å². The van der Waals surface area contributed by atoms with Crippen molar-refractivity contribution in [2.24, 2.45) is 0 Å². The summed E-state index contributed by atoms with van der Waals surface area (Å²) >= 11 is 1.31. The molecule has 6 heteroatoms. The maximum Gasteiger partial charge on any atom is 0.191 e. The Hall–Kier alpha value is -0.650. The molecule has 0 amide bonds. The molecule has 0 fully saturated rings. The number of nitrogen functional groups attached to an aromatic ring is 1. The third-order valence-electron chi connectivity index (χ3n) is 2.56. The zero-order chi connectivity index (χ0) is 10.8. The number of nitrogens with two attached hydrogens (primary N) is 1. The van der Waals surface area contributed by atoms with Crippen LogP contribution in [0.4, 0.5) is 5.13 Å². The second-order valence-corrected chi connectivity index (χ2v) is 4.77. The molecule has 0 spiro atoms. The molecular weight excluding hydrogens is 246 g/mol. The molecule has 1 aromatic rings. The first-order valence-electron chi connectivity index (χ1n) is 5.25. The molecule has 1 unspecified atom stereocenters. The second-order valence-electron chi connectivity index (χ2n) is 3.74. The molecule has 0 bridgehead atoms. The van der Waals surface area contributed by atoms with Crippen molar-refractivity contribution in [1.82, 2.24) is 10.3 Å². The molecule has 0 radical (unpaired) electrons. The van der Waals surface area contributed by atoms with E-state index in [0.29, 0.717) is 5.13 Å². The number of thiazole rings is 1. The molecule has 0 saturated carbocycles. The van der Waals surface area contributed by atoms with Crippen molar-refractivity contribution in [2.45, 2.75) is 32.2 Å². The van der Waals surface area contributed by atoms with Gasteiger partial charge < -0.3 is 11.1 Å². The van der Waals surface area contributed by atoms with E-state index in [1.807, 2.05) is 0 Å². The predicted octanol–water partition coefficient (Wildman–Crippen LogP) is 1.64. The summed E-state index contributed by atoms with van der Waals surface area (Å²) in [5, 5.41) is 3.76. The first-order chi connectivity index (χ1) is 7.22. The van der Waals surface area contributed by atoms with Crippen molar-refractivity contribution >= 4 is 34.7 Å². The molecule has 16 heavy (non-hydrogen) atoms. The Bertz CT molecular complexity index is 380. The van der Waals surface area contributed by atoms with E-state index in [1.54, 1.807) is 0 Å². The quantitative estimate of drug-likeness (QED) is 0.868. The number of carbonyl (C=O) groups is 1. The number of aryl methyl sites for hydroxylation is 1. The lowest BCUT2D eigenvalue weighted by Gasteiger charge is -2.20. The molecule has 1 aliphatic rings. The summed E-state index contributed by atoms with van der Waals surface area (Å²) < 4.78 is 0. The smallest absolute Gasteiger partial charge is 0.191 e. The molecule has 2 rings (SSSR count). The van der Waals surface area contributed by atoms with Gasteiger partial charge in [-0.2, -0.15) is 0 Å². The lowest BCUT2D eigenvalue weighted by atomic mass is 9.96. The molecule has 0 aliphatic heterocycles. The summed E-state index contributed by atoms with van der Waals surface area (Å²) in [4.78, 5) is 16.9. The highest BCUT2D eigenvalue weighted by molar-refractivity contribution is 7.17. The van der Waals surface area contributed by atoms with Gasteiger partial charge in [-0.25, -0.2) is 4.98 Å². The van der Waals surface area contributed by atoms with Gasteiger partial charge in [0, 0.05) is 0 Å². The van der Waals surface area contributed by atoms with E-state index in [4.69, 9.17) is 5.73 Å². The van der Waals surface area contributed by atoms with Crippen LogP contribution in [0.2, 0.25) is 0 Å². The minimum Gasteiger partial charge on any atom is -0.375 e. The van der Waals surface area contributed by atoms with Crippen LogP contribution >= 0.6 is 23.7 Å². The van der Waals surface area contributed by atoms with Crippen LogP contribution in [-0.2, 0) is 6.42 Å². The number of nitrogens with zero attached hydrogens (tertiary/aromatic N) is 1. The van der Waals surface area contributed by atoms with Gasteiger partial charge in [-0.1, -0.05) is 18.3 Å². The largest absolute Gasteiger partial charge is 0.375 e. The number of fused-ring (bicyclic) bond motifs is 1. The molecule has 0 aromatic carbocycles. The number of aromatic nitrogens is 1. The fourth-order valence-corrected chi connectivity index (χ4v) is 2.69. The number of hydrogen-bond acceptors (Lipinski definition) is 5. The fraction of sp³-hybridized carbons (Fsp3) is 0.600. The van der Waals surface area contributed by atoms with Crippen LogP contribution in [0.15, 0.2) is 0 Å². The van der Waals surface area contributed by atoms with Crippen molar-refractivity contribution in [1.29, 1.82) is 0 Å². The van der Waals surface area contributed by atoms with Crippen LogP contribution in [0, 0.1) is 0 Å². The van der Waals surface area contributed by atoms with Crippen molar-refractivity contribution in [3.63, 3.8) is 0 Å². The number of rotatable bonds is 3. The lowest BCUT2D eigenvalue weighted by Crippen LogP contribution is -2.40. The Morgan fingerprint density at radius 1 is 1.62 bits per heavy atom. The third-order valence-corrected chi connectivity index (χ3v) is 3.51. The van der Waals surface area contributed by atoms with Gasteiger partial charge in [-0.15, -0.1) is 12.4 Å². The minimum absolute atomic E-state index is 0. The van der Waals surface area contributed by atoms with E-state index in [-0.39, 0.29) is 24.2 Å². The lowest BCUT2D eigenvalue weighted by molar-refractivity contribution is 0.0932. The molecular formula is C10H16ClN3OS. The normalized spacial score (nSPS) is 19.1. The molecule has 1 atom stereocenters. The number of carbonyl (C=O) groups excluding carboxylic acids is 1. The summed E-state index contributed by atoms with van der Waals surface area (Å²) in [5.41, 5.74) is 6.49. The highest BCUT2D eigenvalue weighted by Crippen LogP contribution is 2.28. The van der Waals surface area contributed by atoms with Crippen molar-refractivity contribution in [2.75, 3.05) is 12.3 Å². The summed E-state index contributed by atoms with van der Waals surface area (Å²) in [5.74, 6) is 0.166. The zero-order valence-corrected chi connectivity index (χ0v) is 10.8. The van der Waals surface area contributed by atoms with E-state index < -0.39 is 0 Å². The number of hydrogen-bond donors (Lipinski definition) is 2. The number of anilines is 1. The van der Waals surface area contributed by atoms with Crippen molar-refractivity contribution < 1.29 is 4.79 Å². The van der Waals surface area contributed by atoms with Crippen molar-refractivity contribution in [3.05, 3.63) is 10.6 Å². The summed E-state index contributed by atoms with van der Waals surface area (Å²) in [6.07, 6.45) is 2.74. The average molecular weight is 262 g/mol. The summed E-state index contributed by atoms with van der Waals surface area (Å²) in [6.45, 7) is 2.98. The molecule has 90 valence electrons. The monoisotopic (exact) mass is 261 g/mol. The topological polar surface area (TPSA) is 68.0 Å². The van der Waals surface area contributed by atoms with Crippen LogP contribution in [0.3, 0.4) is 0 Å². The number of ketones is 1. The SMILES string of the molecule is CCCNC1CCc2nc(N)sc2C1=O.Cl. The van der Waals surface area contributed by atoms with E-state index in [1.165, 1.54) is 11.3 Å². The number of Topliss-reactive ketones (excluding diaryl/α,β-unsaturated/α-hetero) is 1. The molecule has 1 aliphatic carbocycles. The Morgan fingerprint density at radius 2 is 2.38 bits per heavy atom. The Morgan fingerprint density at radius 3 is 3.06 bits per heavy atom. The first kappa shape index (κ1) is 13.4. The van der Waals surface area contributed by atoms with Gasteiger partial charge in [0.15, 0.2) is 10.9 Å². The van der Waals surface area contributed by atoms with Crippen molar-refractivity contribution in [3.8, 4) is 0 Å². The van der Waals surface area contributed by atoms with E-state index >= 15 is 0 Å². The van der Waals surface area contributed by atoms with Crippen LogP contribution in [-0.4, -0.2) is 23.4 Å². The number of nitrogens with one attached hydrogen (secondary N) is 1. The van der Waals surface area contributed by atoms with Crippen LogP contribution in [0.5, 0.6) is 0 Å². The number of halogens is 1. The third kappa shape index (κ3) is 2.53. The molecule has 1 aromatic heterocycles. The molecule has 0 saturated heterocycles. The van der Waals surface area contributed by atoms with Crippen LogP contribution in [0.25, 0.3) is 0 Å². The molecule has 3 N–H and O–H groups in total. The molecule has 1 heterocycles. The fourth-order valence-electron chi connectivity index (χ4n) is 1.82. The molecule has 4 nitrogen and oxygen atoms in total. The van der Waals surface area contributed by atoms with E-state index in [9.17, 15) is 4.79 Å². The maximum atomic E-state index is 12.0. The Balaban J connectivity index is 0.00000128.